The summed E-state index contributed by atoms with van der Waals surface area (Å²) >= 11 is 0. The Morgan fingerprint density at radius 2 is 2.00 bits per heavy atom. The number of hydrogen-bond acceptors (Lipinski definition) is 3. The molecule has 0 heterocycles. The van der Waals surface area contributed by atoms with E-state index in [9.17, 15) is 0 Å². The average Bonchev–Trinajstić information content (AvgIpc) is 3.06. The summed E-state index contributed by atoms with van der Waals surface area (Å²) in [5, 5.41) is 6.72. The van der Waals surface area contributed by atoms with Crippen molar-refractivity contribution < 1.29 is 9.47 Å². The highest BCUT2D eigenvalue weighted by Crippen LogP contribution is 2.18. The lowest BCUT2D eigenvalue weighted by molar-refractivity contribution is 0.308. The van der Waals surface area contributed by atoms with Crippen molar-refractivity contribution in [3.8, 4) is 11.5 Å². The second kappa shape index (κ2) is 11.2. The Morgan fingerprint density at radius 3 is 2.70 bits per heavy atom. The summed E-state index contributed by atoms with van der Waals surface area (Å²) in [5.74, 6) is 2.50. The molecule has 1 aromatic carbocycles. The third kappa shape index (κ3) is 7.11. The predicted octanol–water partition coefficient (Wildman–Crippen LogP) is 2.97. The molecular weight excluding hydrogens is 405 g/mol. The first-order chi connectivity index (χ1) is 10.8. The van der Waals surface area contributed by atoms with Gasteiger partial charge in [-0.2, -0.15) is 0 Å². The van der Waals surface area contributed by atoms with Gasteiger partial charge in [0.25, 0.3) is 0 Å². The van der Waals surface area contributed by atoms with Crippen molar-refractivity contribution in [3.63, 3.8) is 0 Å². The second-order valence-corrected chi connectivity index (χ2v) is 5.16. The Labute approximate surface area is 155 Å². The molecule has 23 heavy (non-hydrogen) atoms. The Morgan fingerprint density at radius 1 is 1.26 bits per heavy atom. The molecule has 0 amide bonds. The lowest BCUT2D eigenvalue weighted by atomic mass is 10.2. The van der Waals surface area contributed by atoms with E-state index in [1.165, 1.54) is 0 Å². The van der Waals surface area contributed by atoms with E-state index in [0.29, 0.717) is 12.6 Å². The summed E-state index contributed by atoms with van der Waals surface area (Å²) in [4.78, 5) is 4.24. The fourth-order valence-corrected chi connectivity index (χ4v) is 2.28. The molecule has 2 N–H and O–H groups in total. The van der Waals surface area contributed by atoms with Crippen LogP contribution in [0.3, 0.4) is 0 Å². The minimum Gasteiger partial charge on any atom is -0.497 e. The zero-order chi connectivity index (χ0) is 15.6. The predicted molar refractivity (Wildman–Crippen MR) is 105 cm³/mol. The maximum Gasteiger partial charge on any atom is 0.191 e. The standard InChI is InChI=1S/C17H25N3O2.HI/c1-18-17(20-14-7-3-4-8-14)19-11-6-12-22-16-10-5-9-15(13-16)21-2;/h3-5,9-10,13-14H,6-8,11-12H2,1-2H3,(H2,18,19,20);1H. The van der Waals surface area contributed by atoms with Crippen LogP contribution in [0.15, 0.2) is 41.4 Å². The third-order valence-corrected chi connectivity index (χ3v) is 3.50. The van der Waals surface area contributed by atoms with Gasteiger partial charge in [-0.15, -0.1) is 24.0 Å². The second-order valence-electron chi connectivity index (χ2n) is 5.16. The van der Waals surface area contributed by atoms with Gasteiger partial charge in [-0.3, -0.25) is 4.99 Å². The SMILES string of the molecule is CN=C(NCCCOc1cccc(OC)c1)NC1CC=CC1.I. The Balaban J connectivity index is 0.00000264. The number of nitrogens with zero attached hydrogens (tertiary/aromatic N) is 1. The van der Waals surface area contributed by atoms with Gasteiger partial charge in [-0.1, -0.05) is 18.2 Å². The molecule has 0 aromatic heterocycles. The molecule has 0 aliphatic heterocycles. The van der Waals surface area contributed by atoms with Crippen LogP contribution in [0, 0.1) is 0 Å². The van der Waals surface area contributed by atoms with E-state index in [2.05, 4.69) is 27.8 Å². The van der Waals surface area contributed by atoms with Gasteiger partial charge in [0.15, 0.2) is 5.96 Å². The van der Waals surface area contributed by atoms with Crippen molar-refractivity contribution in [1.29, 1.82) is 0 Å². The Hall–Kier alpha value is -1.44. The quantitative estimate of drug-likeness (QED) is 0.229. The number of ether oxygens (including phenoxy) is 2. The number of hydrogen-bond donors (Lipinski definition) is 2. The van der Waals surface area contributed by atoms with Crippen molar-refractivity contribution in [2.75, 3.05) is 27.3 Å². The average molecular weight is 431 g/mol. The van der Waals surface area contributed by atoms with Crippen LogP contribution in [0.2, 0.25) is 0 Å². The molecule has 0 fully saturated rings. The van der Waals surface area contributed by atoms with Crippen LogP contribution >= 0.6 is 24.0 Å². The smallest absolute Gasteiger partial charge is 0.191 e. The van der Waals surface area contributed by atoms with Crippen LogP contribution in [-0.4, -0.2) is 39.3 Å². The minimum atomic E-state index is 0. The molecule has 0 saturated heterocycles. The third-order valence-electron chi connectivity index (χ3n) is 3.50. The zero-order valence-corrected chi connectivity index (χ0v) is 16.1. The van der Waals surface area contributed by atoms with Crippen LogP contribution in [0.1, 0.15) is 19.3 Å². The summed E-state index contributed by atoms with van der Waals surface area (Å²) in [7, 11) is 3.45. The molecule has 1 aromatic rings. The zero-order valence-electron chi connectivity index (χ0n) is 13.7. The molecule has 5 nitrogen and oxygen atoms in total. The monoisotopic (exact) mass is 431 g/mol. The summed E-state index contributed by atoms with van der Waals surface area (Å²) in [6.45, 7) is 1.48. The van der Waals surface area contributed by atoms with E-state index in [1.807, 2.05) is 24.3 Å². The molecule has 0 unspecified atom stereocenters. The normalized spacial score (nSPS) is 14.3. The van der Waals surface area contributed by atoms with Crippen LogP contribution in [0.25, 0.3) is 0 Å². The van der Waals surface area contributed by atoms with Gasteiger partial charge >= 0.3 is 0 Å². The molecule has 128 valence electrons. The molecule has 1 aliphatic rings. The van der Waals surface area contributed by atoms with E-state index < -0.39 is 0 Å². The maximum absolute atomic E-state index is 5.71. The lowest BCUT2D eigenvalue weighted by Crippen LogP contribution is -2.42. The summed E-state index contributed by atoms with van der Waals surface area (Å²) in [5.41, 5.74) is 0. The molecule has 0 atom stereocenters. The van der Waals surface area contributed by atoms with Gasteiger partial charge in [-0.05, 0) is 31.4 Å². The number of aliphatic imine (C=N–C) groups is 1. The van der Waals surface area contributed by atoms with Gasteiger partial charge in [0.05, 0.1) is 13.7 Å². The lowest BCUT2D eigenvalue weighted by Gasteiger charge is -2.17. The van der Waals surface area contributed by atoms with E-state index in [-0.39, 0.29) is 24.0 Å². The molecule has 2 rings (SSSR count). The van der Waals surface area contributed by atoms with Crippen LogP contribution in [0.4, 0.5) is 0 Å². The van der Waals surface area contributed by atoms with Gasteiger partial charge < -0.3 is 20.1 Å². The minimum absolute atomic E-state index is 0. The van der Waals surface area contributed by atoms with E-state index in [1.54, 1.807) is 14.2 Å². The Bertz CT molecular complexity index is 512. The fourth-order valence-electron chi connectivity index (χ4n) is 2.28. The number of nitrogens with one attached hydrogen (secondary N) is 2. The first kappa shape index (κ1) is 19.6. The van der Waals surface area contributed by atoms with Crippen LogP contribution in [-0.2, 0) is 0 Å². The molecule has 6 heteroatoms. The maximum atomic E-state index is 5.71. The van der Waals surface area contributed by atoms with E-state index in [0.717, 1.165) is 43.3 Å². The van der Waals surface area contributed by atoms with E-state index in [4.69, 9.17) is 9.47 Å². The summed E-state index contributed by atoms with van der Waals surface area (Å²) in [6, 6.07) is 8.12. The highest BCUT2D eigenvalue weighted by Gasteiger charge is 2.11. The van der Waals surface area contributed by atoms with Crippen molar-refractivity contribution >= 4 is 29.9 Å². The number of halogens is 1. The molecule has 1 aliphatic carbocycles. The summed E-state index contributed by atoms with van der Waals surface area (Å²) in [6.07, 6.45) is 7.44. The molecule has 0 saturated carbocycles. The van der Waals surface area contributed by atoms with Crippen molar-refractivity contribution in [3.05, 3.63) is 36.4 Å². The molecule has 0 spiro atoms. The molecule has 0 bridgehead atoms. The van der Waals surface area contributed by atoms with Crippen molar-refractivity contribution in [1.82, 2.24) is 10.6 Å². The highest BCUT2D eigenvalue weighted by atomic mass is 127. The molecular formula is C17H26IN3O2. The van der Waals surface area contributed by atoms with E-state index >= 15 is 0 Å². The summed E-state index contributed by atoms with van der Waals surface area (Å²) < 4.78 is 10.9. The van der Waals surface area contributed by atoms with Crippen LogP contribution < -0.4 is 20.1 Å². The number of methoxy groups -OCH3 is 1. The number of benzene rings is 1. The van der Waals surface area contributed by atoms with Gasteiger partial charge in [0.1, 0.15) is 11.5 Å². The number of guanidine groups is 1. The van der Waals surface area contributed by atoms with Crippen molar-refractivity contribution in [2.45, 2.75) is 25.3 Å². The first-order valence-electron chi connectivity index (χ1n) is 7.71. The fraction of sp³-hybridized carbons (Fsp3) is 0.471. The highest BCUT2D eigenvalue weighted by molar-refractivity contribution is 14.0. The van der Waals surface area contributed by atoms with Gasteiger partial charge in [0.2, 0.25) is 0 Å². The van der Waals surface area contributed by atoms with Crippen molar-refractivity contribution in [2.24, 2.45) is 4.99 Å². The Kier molecular flexibility index (Phi) is 9.51. The largest absolute Gasteiger partial charge is 0.497 e. The van der Waals surface area contributed by atoms with Gasteiger partial charge in [-0.25, -0.2) is 0 Å². The first-order valence-corrected chi connectivity index (χ1v) is 7.71. The van der Waals surface area contributed by atoms with Gasteiger partial charge in [0, 0.05) is 25.7 Å². The van der Waals surface area contributed by atoms with Crippen LogP contribution in [0.5, 0.6) is 11.5 Å². The number of rotatable bonds is 7. The molecule has 0 radical (unpaired) electrons. The topological polar surface area (TPSA) is 54.9 Å².